The lowest BCUT2D eigenvalue weighted by atomic mass is 10.0. The van der Waals surface area contributed by atoms with Crippen molar-refractivity contribution in [2.75, 3.05) is 20.3 Å². The Balaban J connectivity index is 4.26. The van der Waals surface area contributed by atoms with E-state index in [0.29, 0.717) is 13.0 Å². The van der Waals surface area contributed by atoms with Crippen molar-refractivity contribution >= 4 is 12.1 Å². The predicted octanol–water partition coefficient (Wildman–Crippen LogP) is 4.95. The molecular formula is C20H37NO4. The zero-order valence-corrected chi connectivity index (χ0v) is 16.6. The van der Waals surface area contributed by atoms with Gasteiger partial charge in [0.25, 0.3) is 0 Å². The summed E-state index contributed by atoms with van der Waals surface area (Å²) in [5, 5.41) is 0. The van der Waals surface area contributed by atoms with Gasteiger partial charge in [0.1, 0.15) is 12.6 Å². The average molecular weight is 356 g/mol. The van der Waals surface area contributed by atoms with Gasteiger partial charge in [0.05, 0.1) is 6.61 Å². The molecule has 0 fully saturated rings. The minimum absolute atomic E-state index is 0.130. The lowest BCUT2D eigenvalue weighted by Gasteiger charge is -2.27. The van der Waals surface area contributed by atoms with Gasteiger partial charge in [0.2, 0.25) is 0 Å². The zero-order chi connectivity index (χ0) is 19.1. The third kappa shape index (κ3) is 11.6. The first-order chi connectivity index (χ1) is 11.9. The summed E-state index contributed by atoms with van der Waals surface area (Å²) in [4.78, 5) is 25.7. The number of esters is 1. The molecule has 5 heteroatoms. The Morgan fingerprint density at radius 1 is 1.04 bits per heavy atom. The SMILES string of the molecule is C=CCOC(=O)N(C)C(CC(C)C)C(=O)OCCCCCCCCC. The molecule has 0 aromatic rings. The maximum Gasteiger partial charge on any atom is 0.410 e. The Hall–Kier alpha value is -1.52. The summed E-state index contributed by atoms with van der Waals surface area (Å²) in [5.74, 6) is -0.0801. The molecule has 0 radical (unpaired) electrons. The van der Waals surface area contributed by atoms with Gasteiger partial charge in [0, 0.05) is 7.05 Å². The minimum atomic E-state index is -0.609. The molecule has 1 atom stereocenters. The Morgan fingerprint density at radius 3 is 2.20 bits per heavy atom. The number of hydrogen-bond donors (Lipinski definition) is 0. The predicted molar refractivity (Wildman–Crippen MR) is 102 cm³/mol. The van der Waals surface area contributed by atoms with E-state index in [4.69, 9.17) is 9.47 Å². The van der Waals surface area contributed by atoms with E-state index in [9.17, 15) is 9.59 Å². The fourth-order valence-electron chi connectivity index (χ4n) is 2.55. The molecule has 0 aliphatic heterocycles. The molecule has 0 saturated heterocycles. The molecule has 1 unspecified atom stereocenters. The second kappa shape index (κ2) is 14.8. The van der Waals surface area contributed by atoms with Gasteiger partial charge in [-0.15, -0.1) is 0 Å². The van der Waals surface area contributed by atoms with Crippen LogP contribution in [0.2, 0.25) is 0 Å². The molecule has 0 rings (SSSR count). The van der Waals surface area contributed by atoms with E-state index in [0.717, 1.165) is 12.8 Å². The number of hydrogen-bond acceptors (Lipinski definition) is 4. The zero-order valence-electron chi connectivity index (χ0n) is 16.6. The second-order valence-electron chi connectivity index (χ2n) is 6.91. The van der Waals surface area contributed by atoms with Gasteiger partial charge in [-0.3, -0.25) is 4.90 Å². The standard InChI is InChI=1S/C20H37NO4/c1-6-8-9-10-11-12-13-15-24-19(22)18(16-17(3)4)21(5)20(23)25-14-7-2/h7,17-18H,2,6,8-16H2,1,3-5H3. The van der Waals surface area contributed by atoms with Crippen molar-refractivity contribution in [1.82, 2.24) is 4.90 Å². The molecule has 0 aliphatic carbocycles. The summed E-state index contributed by atoms with van der Waals surface area (Å²) < 4.78 is 10.4. The summed E-state index contributed by atoms with van der Waals surface area (Å²) in [5.41, 5.74) is 0. The Bertz CT molecular complexity index is 382. The molecule has 25 heavy (non-hydrogen) atoms. The highest BCUT2D eigenvalue weighted by Crippen LogP contribution is 2.14. The lowest BCUT2D eigenvalue weighted by molar-refractivity contribution is -0.149. The third-order valence-electron chi connectivity index (χ3n) is 4.04. The van der Waals surface area contributed by atoms with Crippen molar-refractivity contribution in [3.63, 3.8) is 0 Å². The first-order valence-corrected chi connectivity index (χ1v) is 9.61. The quantitative estimate of drug-likeness (QED) is 0.251. The van der Waals surface area contributed by atoms with Crippen LogP contribution in [0.4, 0.5) is 4.79 Å². The Labute approximate surface area is 153 Å². The highest BCUT2D eigenvalue weighted by Gasteiger charge is 2.29. The third-order valence-corrected chi connectivity index (χ3v) is 4.04. The van der Waals surface area contributed by atoms with Crippen molar-refractivity contribution in [3.8, 4) is 0 Å². The second-order valence-corrected chi connectivity index (χ2v) is 6.91. The van der Waals surface area contributed by atoms with Crippen LogP contribution in [-0.4, -0.2) is 43.3 Å². The van der Waals surface area contributed by atoms with Crippen LogP contribution >= 0.6 is 0 Å². The van der Waals surface area contributed by atoms with Crippen LogP contribution < -0.4 is 0 Å². The maximum absolute atomic E-state index is 12.4. The fourth-order valence-corrected chi connectivity index (χ4v) is 2.55. The Morgan fingerprint density at radius 2 is 1.64 bits per heavy atom. The number of likely N-dealkylation sites (N-methyl/N-ethyl adjacent to an activating group) is 1. The fraction of sp³-hybridized carbons (Fsp3) is 0.800. The molecule has 0 saturated carbocycles. The highest BCUT2D eigenvalue weighted by atomic mass is 16.6. The number of ether oxygens (including phenoxy) is 2. The van der Waals surface area contributed by atoms with Gasteiger partial charge in [-0.2, -0.15) is 0 Å². The van der Waals surface area contributed by atoms with Crippen LogP contribution in [0.1, 0.15) is 72.1 Å². The van der Waals surface area contributed by atoms with Gasteiger partial charge in [-0.25, -0.2) is 9.59 Å². The van der Waals surface area contributed by atoms with Crippen molar-refractivity contribution in [2.24, 2.45) is 5.92 Å². The lowest BCUT2D eigenvalue weighted by Crippen LogP contribution is -2.44. The van der Waals surface area contributed by atoms with Crippen LogP contribution in [0, 0.1) is 5.92 Å². The topological polar surface area (TPSA) is 55.8 Å². The molecule has 0 N–H and O–H groups in total. The van der Waals surface area contributed by atoms with Crippen LogP contribution in [0.25, 0.3) is 0 Å². The van der Waals surface area contributed by atoms with Crippen LogP contribution in [-0.2, 0) is 14.3 Å². The van der Waals surface area contributed by atoms with E-state index in [1.165, 1.54) is 43.1 Å². The summed E-state index contributed by atoms with van der Waals surface area (Å²) in [6.07, 6.45) is 9.72. The normalized spacial score (nSPS) is 11.9. The van der Waals surface area contributed by atoms with Gasteiger partial charge >= 0.3 is 12.1 Å². The number of carbonyl (C=O) groups is 2. The molecule has 146 valence electrons. The molecule has 0 bridgehead atoms. The Kier molecular flexibility index (Phi) is 13.9. The average Bonchev–Trinajstić information content (AvgIpc) is 2.58. The van der Waals surface area contributed by atoms with E-state index in [1.807, 2.05) is 13.8 Å². The molecular weight excluding hydrogens is 318 g/mol. The molecule has 0 heterocycles. The van der Waals surface area contributed by atoms with E-state index < -0.39 is 12.1 Å². The van der Waals surface area contributed by atoms with Gasteiger partial charge in [0.15, 0.2) is 0 Å². The number of unbranched alkanes of at least 4 members (excludes halogenated alkanes) is 6. The number of rotatable bonds is 14. The minimum Gasteiger partial charge on any atom is -0.464 e. The van der Waals surface area contributed by atoms with Gasteiger partial charge < -0.3 is 9.47 Å². The summed E-state index contributed by atoms with van der Waals surface area (Å²) in [7, 11) is 1.58. The molecule has 1 amide bonds. The monoisotopic (exact) mass is 355 g/mol. The van der Waals surface area contributed by atoms with Crippen LogP contribution in [0.5, 0.6) is 0 Å². The number of carbonyl (C=O) groups excluding carboxylic acids is 2. The van der Waals surface area contributed by atoms with Crippen molar-refractivity contribution in [2.45, 2.75) is 78.2 Å². The van der Waals surface area contributed by atoms with E-state index >= 15 is 0 Å². The number of amides is 1. The van der Waals surface area contributed by atoms with Crippen LogP contribution in [0.3, 0.4) is 0 Å². The molecule has 0 aliphatic rings. The summed E-state index contributed by atoms with van der Waals surface area (Å²) in [6, 6.07) is -0.609. The summed E-state index contributed by atoms with van der Waals surface area (Å²) in [6.45, 7) is 10.3. The molecule has 0 aromatic heterocycles. The first kappa shape index (κ1) is 23.5. The van der Waals surface area contributed by atoms with Crippen LogP contribution in [0.15, 0.2) is 12.7 Å². The largest absolute Gasteiger partial charge is 0.464 e. The van der Waals surface area contributed by atoms with Crippen molar-refractivity contribution in [3.05, 3.63) is 12.7 Å². The first-order valence-electron chi connectivity index (χ1n) is 9.61. The molecule has 0 spiro atoms. The van der Waals surface area contributed by atoms with E-state index in [1.54, 1.807) is 7.05 Å². The van der Waals surface area contributed by atoms with Crippen molar-refractivity contribution in [1.29, 1.82) is 0 Å². The maximum atomic E-state index is 12.4. The molecule has 5 nitrogen and oxygen atoms in total. The van der Waals surface area contributed by atoms with E-state index in [2.05, 4.69) is 13.5 Å². The number of nitrogens with zero attached hydrogens (tertiary/aromatic N) is 1. The smallest absolute Gasteiger partial charge is 0.410 e. The summed E-state index contributed by atoms with van der Waals surface area (Å²) >= 11 is 0. The van der Waals surface area contributed by atoms with Crippen molar-refractivity contribution < 1.29 is 19.1 Å². The van der Waals surface area contributed by atoms with Gasteiger partial charge in [-0.05, 0) is 18.8 Å². The van der Waals surface area contributed by atoms with E-state index in [-0.39, 0.29) is 18.5 Å². The highest BCUT2D eigenvalue weighted by molar-refractivity contribution is 5.81. The molecule has 0 aromatic carbocycles. The van der Waals surface area contributed by atoms with Gasteiger partial charge in [-0.1, -0.05) is 72.0 Å².